The number of halogens is 1. The highest BCUT2D eigenvalue weighted by Gasteiger charge is 2.05. The molecule has 1 unspecified atom stereocenters. The minimum atomic E-state index is 0.267. The Balaban J connectivity index is 2.91. The average Bonchev–Trinajstić information content (AvgIpc) is 2.10. The van der Waals surface area contributed by atoms with Crippen molar-refractivity contribution < 1.29 is 0 Å². The maximum atomic E-state index is 8.54. The molecule has 0 saturated carbocycles. The quantitative estimate of drug-likeness (QED) is 0.703. The molecule has 0 fully saturated rings. The summed E-state index contributed by atoms with van der Waals surface area (Å²) in [6, 6.07) is 8.12. The van der Waals surface area contributed by atoms with E-state index in [0.29, 0.717) is 6.42 Å². The van der Waals surface area contributed by atoms with E-state index in [0.717, 1.165) is 16.1 Å². The zero-order chi connectivity index (χ0) is 9.84. The molecule has 1 atom stereocenters. The zero-order valence-corrected chi connectivity index (χ0v) is 8.60. The molecule has 2 heteroatoms. The Morgan fingerprint density at radius 3 is 2.77 bits per heavy atom. The van der Waals surface area contributed by atoms with E-state index in [-0.39, 0.29) is 5.92 Å². The highest BCUT2D eigenvalue weighted by molar-refractivity contribution is 6.31. The number of aryl methyl sites for hydroxylation is 1. The van der Waals surface area contributed by atoms with Crippen molar-refractivity contribution >= 4 is 11.6 Å². The molecule has 0 aliphatic rings. The van der Waals surface area contributed by atoms with Gasteiger partial charge >= 0.3 is 0 Å². The predicted octanol–water partition coefficient (Wildman–Crippen LogP) is 3.67. The Labute approximate surface area is 84.0 Å². The molecular formula is C11H12ClN. The zero-order valence-electron chi connectivity index (χ0n) is 7.84. The second kappa shape index (κ2) is 4.30. The van der Waals surface area contributed by atoms with Crippen LogP contribution in [0.5, 0.6) is 0 Å². The molecule has 0 spiro atoms. The minimum Gasteiger partial charge on any atom is -0.198 e. The molecule has 1 rings (SSSR count). The summed E-state index contributed by atoms with van der Waals surface area (Å²) in [5, 5.41) is 9.32. The average molecular weight is 194 g/mol. The lowest BCUT2D eigenvalue weighted by atomic mass is 9.98. The van der Waals surface area contributed by atoms with Gasteiger partial charge in [0.2, 0.25) is 0 Å². The molecule has 1 aromatic rings. The second-order valence-electron chi connectivity index (χ2n) is 3.27. The van der Waals surface area contributed by atoms with Gasteiger partial charge in [0.05, 0.1) is 6.07 Å². The molecule has 0 aliphatic carbocycles. The van der Waals surface area contributed by atoms with Crippen LogP contribution in [-0.2, 0) is 0 Å². The fourth-order valence-electron chi connectivity index (χ4n) is 1.17. The van der Waals surface area contributed by atoms with Crippen molar-refractivity contribution in [3.63, 3.8) is 0 Å². The van der Waals surface area contributed by atoms with Crippen LogP contribution in [0.25, 0.3) is 0 Å². The van der Waals surface area contributed by atoms with Crippen LogP contribution in [0.2, 0.25) is 5.02 Å². The van der Waals surface area contributed by atoms with Crippen LogP contribution in [0.4, 0.5) is 0 Å². The number of nitrogens with zero attached hydrogens (tertiary/aromatic N) is 1. The van der Waals surface area contributed by atoms with Gasteiger partial charge in [0, 0.05) is 11.4 Å². The lowest BCUT2D eigenvalue weighted by molar-refractivity contribution is 0.789. The van der Waals surface area contributed by atoms with Gasteiger partial charge in [-0.2, -0.15) is 5.26 Å². The van der Waals surface area contributed by atoms with Gasteiger partial charge in [-0.05, 0) is 30.0 Å². The number of rotatable bonds is 2. The van der Waals surface area contributed by atoms with E-state index in [2.05, 4.69) is 6.07 Å². The van der Waals surface area contributed by atoms with Crippen LogP contribution >= 0.6 is 11.6 Å². The van der Waals surface area contributed by atoms with Crippen LogP contribution in [-0.4, -0.2) is 0 Å². The van der Waals surface area contributed by atoms with Crippen molar-refractivity contribution in [2.75, 3.05) is 0 Å². The smallest absolute Gasteiger partial charge is 0.0628 e. The minimum absolute atomic E-state index is 0.267. The molecule has 0 aliphatic heterocycles. The predicted molar refractivity (Wildman–Crippen MR) is 54.8 cm³/mol. The Morgan fingerprint density at radius 1 is 1.54 bits per heavy atom. The Kier molecular flexibility index (Phi) is 3.33. The van der Waals surface area contributed by atoms with Crippen molar-refractivity contribution in [2.45, 2.75) is 26.2 Å². The van der Waals surface area contributed by atoms with Crippen molar-refractivity contribution in [3.05, 3.63) is 34.3 Å². The van der Waals surface area contributed by atoms with E-state index in [1.807, 2.05) is 32.0 Å². The first kappa shape index (κ1) is 10.1. The lowest BCUT2D eigenvalue weighted by Gasteiger charge is -2.08. The Bertz CT molecular complexity index is 338. The van der Waals surface area contributed by atoms with Gasteiger partial charge in [0.25, 0.3) is 0 Å². The highest BCUT2D eigenvalue weighted by atomic mass is 35.5. The highest BCUT2D eigenvalue weighted by Crippen LogP contribution is 2.24. The molecule has 0 bridgehead atoms. The maximum absolute atomic E-state index is 8.54. The third-order valence-corrected chi connectivity index (χ3v) is 2.57. The second-order valence-corrected chi connectivity index (χ2v) is 3.68. The SMILES string of the molecule is Cc1ccc(C(C)CC#N)cc1Cl. The fourth-order valence-corrected chi connectivity index (χ4v) is 1.36. The summed E-state index contributed by atoms with van der Waals surface area (Å²) in [7, 11) is 0. The van der Waals surface area contributed by atoms with Crippen LogP contribution < -0.4 is 0 Å². The van der Waals surface area contributed by atoms with Crippen LogP contribution in [0.3, 0.4) is 0 Å². The summed E-state index contributed by atoms with van der Waals surface area (Å²) in [6.45, 7) is 4.01. The first-order valence-electron chi connectivity index (χ1n) is 4.28. The van der Waals surface area contributed by atoms with E-state index in [1.54, 1.807) is 0 Å². The third kappa shape index (κ3) is 2.47. The summed E-state index contributed by atoms with van der Waals surface area (Å²) in [4.78, 5) is 0. The van der Waals surface area contributed by atoms with Gasteiger partial charge in [0.1, 0.15) is 0 Å². The summed E-state index contributed by atoms with van der Waals surface area (Å²) >= 11 is 5.98. The van der Waals surface area contributed by atoms with Gasteiger partial charge in [-0.1, -0.05) is 30.7 Å². The summed E-state index contributed by atoms with van der Waals surface area (Å²) in [5.41, 5.74) is 2.21. The Hall–Kier alpha value is -1.00. The van der Waals surface area contributed by atoms with E-state index in [4.69, 9.17) is 16.9 Å². The number of hydrogen-bond donors (Lipinski definition) is 0. The Morgan fingerprint density at radius 2 is 2.23 bits per heavy atom. The van der Waals surface area contributed by atoms with Crippen molar-refractivity contribution in [1.82, 2.24) is 0 Å². The third-order valence-electron chi connectivity index (χ3n) is 2.16. The standard InChI is InChI=1S/C11H12ClN/c1-8(5-6-13)10-4-3-9(2)11(12)7-10/h3-4,7-8H,5H2,1-2H3. The van der Waals surface area contributed by atoms with Crippen LogP contribution in [0.15, 0.2) is 18.2 Å². The molecule has 0 N–H and O–H groups in total. The first-order chi connectivity index (χ1) is 6.15. The monoisotopic (exact) mass is 193 g/mol. The summed E-state index contributed by atoms with van der Waals surface area (Å²) < 4.78 is 0. The molecule has 0 radical (unpaired) electrons. The van der Waals surface area contributed by atoms with Crippen molar-refractivity contribution in [3.8, 4) is 6.07 Å². The normalized spacial score (nSPS) is 12.2. The molecule has 0 aromatic heterocycles. The summed E-state index contributed by atoms with van der Waals surface area (Å²) in [5.74, 6) is 0.267. The molecule has 13 heavy (non-hydrogen) atoms. The topological polar surface area (TPSA) is 23.8 Å². The lowest BCUT2D eigenvalue weighted by Crippen LogP contribution is -1.92. The largest absolute Gasteiger partial charge is 0.198 e. The number of benzene rings is 1. The van der Waals surface area contributed by atoms with E-state index < -0.39 is 0 Å². The van der Waals surface area contributed by atoms with Gasteiger partial charge in [-0.3, -0.25) is 0 Å². The number of nitriles is 1. The molecule has 0 amide bonds. The van der Waals surface area contributed by atoms with E-state index >= 15 is 0 Å². The molecular weight excluding hydrogens is 182 g/mol. The van der Waals surface area contributed by atoms with Gasteiger partial charge in [0.15, 0.2) is 0 Å². The molecule has 1 nitrogen and oxygen atoms in total. The molecule has 1 aromatic carbocycles. The maximum Gasteiger partial charge on any atom is 0.0628 e. The number of hydrogen-bond acceptors (Lipinski definition) is 1. The molecule has 68 valence electrons. The van der Waals surface area contributed by atoms with E-state index in [9.17, 15) is 0 Å². The van der Waals surface area contributed by atoms with Gasteiger partial charge in [-0.25, -0.2) is 0 Å². The van der Waals surface area contributed by atoms with Crippen molar-refractivity contribution in [2.24, 2.45) is 0 Å². The van der Waals surface area contributed by atoms with Gasteiger partial charge < -0.3 is 0 Å². The first-order valence-corrected chi connectivity index (χ1v) is 4.66. The van der Waals surface area contributed by atoms with Crippen molar-refractivity contribution in [1.29, 1.82) is 5.26 Å². The van der Waals surface area contributed by atoms with Crippen LogP contribution in [0.1, 0.15) is 30.4 Å². The van der Waals surface area contributed by atoms with Crippen LogP contribution in [0, 0.1) is 18.3 Å². The van der Waals surface area contributed by atoms with E-state index in [1.165, 1.54) is 0 Å². The van der Waals surface area contributed by atoms with Gasteiger partial charge in [-0.15, -0.1) is 0 Å². The molecule has 0 heterocycles. The molecule has 0 saturated heterocycles. The summed E-state index contributed by atoms with van der Waals surface area (Å²) in [6.07, 6.45) is 0.541. The fraction of sp³-hybridized carbons (Fsp3) is 0.364.